The molecule has 1 fully saturated rings. The molecule has 3 amide bonds. The number of aromatic nitrogens is 1. The second-order valence-corrected chi connectivity index (χ2v) is 9.06. The van der Waals surface area contributed by atoms with E-state index < -0.39 is 0 Å². The van der Waals surface area contributed by atoms with Gasteiger partial charge < -0.3 is 15.1 Å². The summed E-state index contributed by atoms with van der Waals surface area (Å²) in [6.45, 7) is 10.1. The summed E-state index contributed by atoms with van der Waals surface area (Å²) in [4.78, 5) is 39.4. The normalized spacial score (nSPS) is 18.2. The average molecular weight is 465 g/mol. The number of carbonyl (C=O) groups is 2. The fourth-order valence-corrected chi connectivity index (χ4v) is 4.92. The van der Waals surface area contributed by atoms with E-state index in [1.807, 2.05) is 13.1 Å². The van der Waals surface area contributed by atoms with E-state index in [9.17, 15) is 9.59 Å². The zero-order chi connectivity index (χ0) is 24.1. The molecular formula is C26H36N6O2. The van der Waals surface area contributed by atoms with Gasteiger partial charge in [-0.25, -0.2) is 14.7 Å². The molecule has 8 heteroatoms. The summed E-state index contributed by atoms with van der Waals surface area (Å²) in [7, 11) is 1.83. The first kappa shape index (κ1) is 24.2. The van der Waals surface area contributed by atoms with Crippen LogP contribution >= 0.6 is 0 Å². The highest BCUT2D eigenvalue weighted by Crippen LogP contribution is 2.36. The third-order valence-electron chi connectivity index (χ3n) is 6.99. The van der Waals surface area contributed by atoms with Crippen molar-refractivity contribution in [2.75, 3.05) is 56.5 Å². The number of para-hydroxylation sites is 1. The Morgan fingerprint density at radius 2 is 1.94 bits per heavy atom. The first-order valence-corrected chi connectivity index (χ1v) is 12.4. The van der Waals surface area contributed by atoms with Crippen molar-refractivity contribution >= 4 is 29.1 Å². The molecular weight excluding hydrogens is 428 g/mol. The first-order chi connectivity index (χ1) is 16.5. The van der Waals surface area contributed by atoms with Crippen molar-refractivity contribution in [1.29, 1.82) is 0 Å². The van der Waals surface area contributed by atoms with Crippen molar-refractivity contribution < 1.29 is 9.59 Å². The molecule has 1 saturated heterocycles. The van der Waals surface area contributed by atoms with Gasteiger partial charge in [0.25, 0.3) is 5.91 Å². The number of anilines is 3. The van der Waals surface area contributed by atoms with E-state index in [-0.39, 0.29) is 11.9 Å². The molecule has 1 aromatic heterocycles. The van der Waals surface area contributed by atoms with E-state index in [0.29, 0.717) is 35.3 Å². The third-order valence-corrected chi connectivity index (χ3v) is 6.99. The lowest BCUT2D eigenvalue weighted by Crippen LogP contribution is -2.50. The number of pyridine rings is 1. The van der Waals surface area contributed by atoms with Crippen LogP contribution in [0.5, 0.6) is 0 Å². The molecule has 2 aliphatic heterocycles. The topological polar surface area (TPSA) is 72.0 Å². The van der Waals surface area contributed by atoms with Crippen LogP contribution in [-0.2, 0) is 0 Å². The molecule has 3 heterocycles. The quantitative estimate of drug-likeness (QED) is 0.670. The number of hydrogen-bond acceptors (Lipinski definition) is 5. The van der Waals surface area contributed by atoms with Gasteiger partial charge in [-0.3, -0.25) is 9.69 Å². The van der Waals surface area contributed by atoms with Crippen LogP contribution in [-0.4, -0.2) is 84.0 Å². The average Bonchev–Trinajstić information content (AvgIpc) is 2.99. The fraction of sp³-hybridized carbons (Fsp3) is 0.500. The minimum atomic E-state index is -0.240. The highest BCUT2D eigenvalue weighted by atomic mass is 16.2. The van der Waals surface area contributed by atoms with E-state index >= 15 is 0 Å². The summed E-state index contributed by atoms with van der Waals surface area (Å²) in [5.74, 6) is 0.199. The van der Waals surface area contributed by atoms with E-state index in [4.69, 9.17) is 0 Å². The molecule has 8 nitrogen and oxygen atoms in total. The van der Waals surface area contributed by atoms with Gasteiger partial charge in [-0.2, -0.15) is 0 Å². The van der Waals surface area contributed by atoms with Gasteiger partial charge in [0, 0.05) is 38.9 Å². The number of urea groups is 1. The number of likely N-dealkylation sites (tertiary alicyclic amines) is 1. The summed E-state index contributed by atoms with van der Waals surface area (Å²) in [6, 6.07) is 11.1. The first-order valence-electron chi connectivity index (χ1n) is 12.4. The predicted octanol–water partition coefficient (Wildman–Crippen LogP) is 4.03. The minimum absolute atomic E-state index is 0.193. The molecule has 2 aliphatic rings. The maximum Gasteiger partial charge on any atom is 0.330 e. The molecule has 34 heavy (non-hydrogen) atoms. The largest absolute Gasteiger partial charge is 0.330 e. The molecule has 0 bridgehead atoms. The van der Waals surface area contributed by atoms with Crippen LogP contribution < -0.4 is 10.2 Å². The maximum atomic E-state index is 13.8. The van der Waals surface area contributed by atoms with Gasteiger partial charge in [0.05, 0.1) is 16.9 Å². The van der Waals surface area contributed by atoms with Crippen LogP contribution in [0, 0.1) is 0 Å². The van der Waals surface area contributed by atoms with Gasteiger partial charge in [-0.15, -0.1) is 0 Å². The summed E-state index contributed by atoms with van der Waals surface area (Å²) >= 11 is 0. The highest BCUT2D eigenvalue weighted by Gasteiger charge is 2.32. The Morgan fingerprint density at radius 1 is 1.15 bits per heavy atom. The summed E-state index contributed by atoms with van der Waals surface area (Å²) in [6.07, 6.45) is 5.33. The summed E-state index contributed by atoms with van der Waals surface area (Å²) < 4.78 is 0. The van der Waals surface area contributed by atoms with E-state index in [2.05, 4.69) is 33.9 Å². The number of benzene rings is 1. The number of likely N-dealkylation sites (N-methyl/N-ethyl adjacent to an activating group) is 2. The second kappa shape index (κ2) is 11.0. The van der Waals surface area contributed by atoms with Gasteiger partial charge in [0.15, 0.2) is 5.82 Å². The van der Waals surface area contributed by atoms with Gasteiger partial charge in [0.1, 0.15) is 0 Å². The lowest BCUT2D eigenvalue weighted by Gasteiger charge is -2.39. The van der Waals surface area contributed by atoms with Crippen LogP contribution in [0.1, 0.15) is 43.5 Å². The Bertz CT molecular complexity index is 1010. The van der Waals surface area contributed by atoms with Crippen molar-refractivity contribution in [2.24, 2.45) is 0 Å². The Labute approximate surface area is 202 Å². The van der Waals surface area contributed by atoms with E-state index in [1.165, 1.54) is 19.3 Å². The number of carbonyl (C=O) groups excluding carboxylic acids is 2. The fourth-order valence-electron chi connectivity index (χ4n) is 4.92. The number of piperidine rings is 1. The highest BCUT2D eigenvalue weighted by molar-refractivity contribution is 6.16. The minimum Gasteiger partial charge on any atom is -0.326 e. The number of nitrogens with zero attached hydrogens (tertiary/aromatic N) is 5. The van der Waals surface area contributed by atoms with Crippen molar-refractivity contribution in [2.45, 2.75) is 39.2 Å². The lowest BCUT2D eigenvalue weighted by atomic mass is 10.0. The van der Waals surface area contributed by atoms with E-state index in [1.54, 1.807) is 46.3 Å². The molecule has 0 saturated carbocycles. The lowest BCUT2D eigenvalue weighted by molar-refractivity contribution is 0.101. The van der Waals surface area contributed by atoms with Crippen molar-refractivity contribution in [1.82, 2.24) is 19.7 Å². The molecule has 1 unspecified atom stereocenters. The van der Waals surface area contributed by atoms with Crippen LogP contribution in [0.25, 0.3) is 0 Å². The molecule has 2 aromatic rings. The standard InChI is InChI=1S/C26H36N6O2/c1-4-30(5-2)19-20-11-8-9-16-31(20)18-17-29(3)26(34)32-23-14-7-6-12-21(23)25(33)28-22-13-10-15-27-24(22)32/h6-7,10,12-15,20H,4-5,8-9,11,16-19H2,1-3H3,(H,28,33). The molecule has 1 aromatic carbocycles. The molecule has 1 N–H and O–H groups in total. The Hall–Kier alpha value is -2.97. The van der Waals surface area contributed by atoms with Gasteiger partial charge in [-0.1, -0.05) is 32.4 Å². The van der Waals surface area contributed by atoms with Crippen molar-refractivity contribution in [3.63, 3.8) is 0 Å². The van der Waals surface area contributed by atoms with E-state index in [0.717, 1.165) is 32.7 Å². The molecule has 182 valence electrons. The van der Waals surface area contributed by atoms with Crippen LogP contribution in [0.15, 0.2) is 42.6 Å². The number of hydrogen-bond donors (Lipinski definition) is 1. The smallest absolute Gasteiger partial charge is 0.326 e. The van der Waals surface area contributed by atoms with Crippen LogP contribution in [0.3, 0.4) is 0 Å². The second-order valence-electron chi connectivity index (χ2n) is 9.06. The number of nitrogens with one attached hydrogen (secondary N) is 1. The molecule has 0 aliphatic carbocycles. The molecule has 0 spiro atoms. The van der Waals surface area contributed by atoms with Crippen molar-refractivity contribution in [3.05, 3.63) is 48.2 Å². The Kier molecular flexibility index (Phi) is 7.80. The molecule has 1 atom stereocenters. The maximum absolute atomic E-state index is 13.8. The van der Waals surface area contributed by atoms with Gasteiger partial charge >= 0.3 is 6.03 Å². The van der Waals surface area contributed by atoms with Crippen LogP contribution in [0.4, 0.5) is 22.0 Å². The number of amides is 3. The zero-order valence-electron chi connectivity index (χ0n) is 20.5. The zero-order valence-corrected chi connectivity index (χ0v) is 20.5. The third kappa shape index (κ3) is 5.08. The van der Waals surface area contributed by atoms with Crippen LogP contribution in [0.2, 0.25) is 0 Å². The summed E-state index contributed by atoms with van der Waals surface area (Å²) in [5.41, 5.74) is 1.53. The predicted molar refractivity (Wildman–Crippen MR) is 136 cm³/mol. The van der Waals surface area contributed by atoms with Crippen molar-refractivity contribution in [3.8, 4) is 0 Å². The van der Waals surface area contributed by atoms with Gasteiger partial charge in [0.2, 0.25) is 0 Å². The number of rotatable bonds is 7. The molecule has 0 radical (unpaired) electrons. The molecule has 4 rings (SSSR count). The number of fused-ring (bicyclic) bond motifs is 2. The van der Waals surface area contributed by atoms with Gasteiger partial charge in [-0.05, 0) is 56.7 Å². The Balaban J connectivity index is 1.52. The summed E-state index contributed by atoms with van der Waals surface area (Å²) in [5, 5.41) is 2.89. The Morgan fingerprint density at radius 3 is 2.74 bits per heavy atom. The SMILES string of the molecule is CCN(CC)CC1CCCCN1CCN(C)C(=O)N1c2ccccc2C(=O)Nc2cccnc21. The monoisotopic (exact) mass is 464 g/mol.